The Balaban J connectivity index is 1.47. The van der Waals surface area contributed by atoms with Crippen LogP contribution in [0.5, 0.6) is 23.0 Å². The van der Waals surface area contributed by atoms with E-state index in [0.29, 0.717) is 13.2 Å². The van der Waals surface area contributed by atoms with Crippen LogP contribution in [0.3, 0.4) is 0 Å². The predicted molar refractivity (Wildman–Crippen MR) is 143 cm³/mol. The highest BCUT2D eigenvalue weighted by atomic mass is 16.5. The number of ether oxygens (including phenoxy) is 4. The lowest BCUT2D eigenvalue weighted by Gasteiger charge is -2.14. The largest absolute Gasteiger partial charge is 0.493 e. The molecule has 0 aliphatic carbocycles. The van der Waals surface area contributed by atoms with Gasteiger partial charge in [0.25, 0.3) is 0 Å². The molecule has 0 radical (unpaired) electrons. The molecule has 0 saturated heterocycles. The zero-order chi connectivity index (χ0) is 25.6. The number of carbonyl (C=O) groups excluding carboxylic acids is 1. The summed E-state index contributed by atoms with van der Waals surface area (Å²) in [6.45, 7) is 5.57. The molecule has 0 N–H and O–H groups in total. The lowest BCUT2D eigenvalue weighted by atomic mass is 10.0. The van der Waals surface area contributed by atoms with Gasteiger partial charge in [0.05, 0.1) is 26.7 Å². The summed E-state index contributed by atoms with van der Waals surface area (Å²) >= 11 is 0. The number of carbonyl (C=O) groups is 1. The van der Waals surface area contributed by atoms with E-state index in [1.54, 1.807) is 0 Å². The zero-order valence-corrected chi connectivity index (χ0v) is 21.8. The summed E-state index contributed by atoms with van der Waals surface area (Å²) in [5, 5.41) is 0. The molecule has 0 unspecified atom stereocenters. The number of aryl methyl sites for hydroxylation is 2. The van der Waals surface area contributed by atoms with Crippen molar-refractivity contribution in [3.63, 3.8) is 0 Å². The summed E-state index contributed by atoms with van der Waals surface area (Å²) < 4.78 is 23.0. The molecule has 0 saturated carbocycles. The molecule has 0 atom stereocenters. The Hall–Kier alpha value is -3.47. The van der Waals surface area contributed by atoms with E-state index in [2.05, 4.69) is 26.0 Å². The Morgan fingerprint density at radius 2 is 1.33 bits per heavy atom. The minimum absolute atomic E-state index is 0.230. The highest BCUT2D eigenvalue weighted by Gasteiger charge is 2.09. The second kappa shape index (κ2) is 14.8. The fraction of sp³-hybridized carbons (Fsp3) is 0.387. The molecule has 192 valence electrons. The van der Waals surface area contributed by atoms with E-state index in [9.17, 15) is 4.79 Å². The topological polar surface area (TPSA) is 54.0 Å². The van der Waals surface area contributed by atoms with Crippen molar-refractivity contribution in [1.82, 2.24) is 0 Å². The number of methoxy groups -OCH3 is 1. The summed E-state index contributed by atoms with van der Waals surface area (Å²) in [5.74, 6) is 3.24. The van der Waals surface area contributed by atoms with Crippen molar-refractivity contribution in [3.8, 4) is 23.0 Å². The van der Waals surface area contributed by atoms with Gasteiger partial charge in [-0.15, -0.1) is 0 Å². The minimum atomic E-state index is -0.230. The van der Waals surface area contributed by atoms with Crippen molar-refractivity contribution in [3.05, 3.63) is 83.4 Å². The maximum absolute atomic E-state index is 11.6. The minimum Gasteiger partial charge on any atom is -0.493 e. The van der Waals surface area contributed by atoms with Gasteiger partial charge in [0.1, 0.15) is 23.0 Å². The van der Waals surface area contributed by atoms with Crippen LogP contribution in [0.25, 0.3) is 0 Å². The Kier molecular flexibility index (Phi) is 11.2. The molecule has 5 nitrogen and oxygen atoms in total. The van der Waals surface area contributed by atoms with Gasteiger partial charge in [0, 0.05) is 0 Å². The van der Waals surface area contributed by atoms with Gasteiger partial charge in [-0.2, -0.15) is 0 Å². The van der Waals surface area contributed by atoms with Crippen LogP contribution in [0.4, 0.5) is 0 Å². The van der Waals surface area contributed by atoms with Gasteiger partial charge in [-0.05, 0) is 78.8 Å². The third-order valence-corrected chi connectivity index (χ3v) is 5.80. The fourth-order valence-corrected chi connectivity index (χ4v) is 4.00. The molecular weight excluding hydrogens is 452 g/mol. The maximum atomic E-state index is 11.6. The van der Waals surface area contributed by atoms with Crippen LogP contribution in [0.2, 0.25) is 0 Å². The van der Waals surface area contributed by atoms with E-state index in [0.717, 1.165) is 72.6 Å². The second-order valence-corrected chi connectivity index (χ2v) is 8.78. The highest BCUT2D eigenvalue weighted by molar-refractivity contribution is 5.72. The summed E-state index contributed by atoms with van der Waals surface area (Å²) in [6.07, 6.45) is 5.99. The van der Waals surface area contributed by atoms with Crippen LogP contribution in [-0.4, -0.2) is 26.3 Å². The predicted octanol–water partition coefficient (Wildman–Crippen LogP) is 7.34. The molecule has 3 aromatic rings. The van der Waals surface area contributed by atoms with Gasteiger partial charge in [-0.1, -0.05) is 57.0 Å². The van der Waals surface area contributed by atoms with Crippen molar-refractivity contribution in [2.24, 2.45) is 0 Å². The molecule has 0 aliphatic rings. The smallest absolute Gasteiger partial charge is 0.309 e. The van der Waals surface area contributed by atoms with Crippen LogP contribution in [0.1, 0.15) is 56.2 Å². The molecular formula is C31H38O5. The molecule has 3 rings (SSSR count). The average Bonchev–Trinajstić information content (AvgIpc) is 2.89. The van der Waals surface area contributed by atoms with Crippen molar-refractivity contribution < 1.29 is 23.7 Å². The van der Waals surface area contributed by atoms with E-state index in [1.807, 2.05) is 54.6 Å². The summed E-state index contributed by atoms with van der Waals surface area (Å²) in [5.41, 5.74) is 3.25. The number of rotatable bonds is 15. The SMILES string of the molecule is CCCc1cc(CC(=O)OC)ccc1OCCCCOc1ccc(Oc2ccccc2)cc1CCC. The van der Waals surface area contributed by atoms with Crippen molar-refractivity contribution >= 4 is 5.97 Å². The van der Waals surface area contributed by atoms with Gasteiger partial charge >= 0.3 is 5.97 Å². The number of benzene rings is 3. The van der Waals surface area contributed by atoms with Gasteiger partial charge in [-0.25, -0.2) is 0 Å². The summed E-state index contributed by atoms with van der Waals surface area (Å²) in [7, 11) is 1.41. The third-order valence-electron chi connectivity index (χ3n) is 5.80. The van der Waals surface area contributed by atoms with Crippen LogP contribution in [-0.2, 0) is 28.8 Å². The average molecular weight is 491 g/mol. The molecule has 0 aromatic heterocycles. The number of hydrogen-bond acceptors (Lipinski definition) is 5. The standard InChI is InChI=1S/C31H38O5/c1-4-11-25-21-24(22-31(32)33-3)15-17-29(25)34-19-9-10-20-35-30-18-16-28(23-26(30)12-5-2)36-27-13-7-6-8-14-27/h6-8,13-18,21,23H,4-5,9-12,19-20,22H2,1-3H3. The molecule has 0 heterocycles. The summed E-state index contributed by atoms with van der Waals surface area (Å²) in [4.78, 5) is 11.6. The molecule has 0 fully saturated rings. The van der Waals surface area contributed by atoms with Gasteiger partial charge in [0.2, 0.25) is 0 Å². The van der Waals surface area contributed by atoms with Crippen molar-refractivity contribution in [1.29, 1.82) is 0 Å². The maximum Gasteiger partial charge on any atom is 0.309 e. The van der Waals surface area contributed by atoms with E-state index < -0.39 is 0 Å². The molecule has 5 heteroatoms. The fourth-order valence-electron chi connectivity index (χ4n) is 4.00. The molecule has 0 amide bonds. The number of para-hydroxylation sites is 1. The van der Waals surface area contributed by atoms with Crippen LogP contribution in [0.15, 0.2) is 66.7 Å². The van der Waals surface area contributed by atoms with Gasteiger partial charge in [-0.3, -0.25) is 4.79 Å². The van der Waals surface area contributed by atoms with E-state index >= 15 is 0 Å². The van der Waals surface area contributed by atoms with Crippen LogP contribution < -0.4 is 14.2 Å². The number of hydrogen-bond donors (Lipinski definition) is 0. The van der Waals surface area contributed by atoms with Crippen molar-refractivity contribution in [2.75, 3.05) is 20.3 Å². The first kappa shape index (κ1) is 27.1. The second-order valence-electron chi connectivity index (χ2n) is 8.78. The summed E-state index contributed by atoms with van der Waals surface area (Å²) in [6, 6.07) is 21.8. The Bertz CT molecular complexity index is 1080. The normalized spacial score (nSPS) is 10.6. The van der Waals surface area contributed by atoms with Crippen molar-refractivity contribution in [2.45, 2.75) is 58.8 Å². The zero-order valence-electron chi connectivity index (χ0n) is 21.8. The molecule has 36 heavy (non-hydrogen) atoms. The molecule has 0 bridgehead atoms. The molecule has 0 aliphatic heterocycles. The van der Waals surface area contributed by atoms with Crippen LogP contribution >= 0.6 is 0 Å². The lowest BCUT2D eigenvalue weighted by Crippen LogP contribution is -2.07. The first-order valence-corrected chi connectivity index (χ1v) is 12.9. The van der Waals surface area contributed by atoms with Gasteiger partial charge in [0.15, 0.2) is 0 Å². The first-order chi connectivity index (χ1) is 17.6. The third kappa shape index (κ3) is 8.63. The van der Waals surface area contributed by atoms with E-state index in [-0.39, 0.29) is 12.4 Å². The molecule has 3 aromatic carbocycles. The lowest BCUT2D eigenvalue weighted by molar-refractivity contribution is -0.139. The molecule has 0 spiro atoms. The Morgan fingerprint density at radius 3 is 1.94 bits per heavy atom. The van der Waals surface area contributed by atoms with Gasteiger partial charge < -0.3 is 18.9 Å². The Labute approximate surface area is 215 Å². The number of unbranched alkanes of at least 4 members (excludes halogenated alkanes) is 1. The Morgan fingerprint density at radius 1 is 0.722 bits per heavy atom. The highest BCUT2D eigenvalue weighted by Crippen LogP contribution is 2.29. The van der Waals surface area contributed by atoms with E-state index in [1.165, 1.54) is 12.7 Å². The monoisotopic (exact) mass is 490 g/mol. The first-order valence-electron chi connectivity index (χ1n) is 12.9. The quantitative estimate of drug-likeness (QED) is 0.165. The van der Waals surface area contributed by atoms with E-state index in [4.69, 9.17) is 18.9 Å². The van der Waals surface area contributed by atoms with Crippen LogP contribution in [0, 0.1) is 0 Å². The number of esters is 1.